The minimum absolute atomic E-state index is 0.0152. The average Bonchev–Trinajstić information content (AvgIpc) is 3.59. The smallest absolute Gasteiger partial charge is 0.291 e. The van der Waals surface area contributed by atoms with Gasteiger partial charge in [-0.1, -0.05) is 33.8 Å². The van der Waals surface area contributed by atoms with E-state index in [9.17, 15) is 18.0 Å². The van der Waals surface area contributed by atoms with Gasteiger partial charge in [-0.15, -0.1) is 0 Å². The Morgan fingerprint density at radius 1 is 1.10 bits per heavy atom. The minimum Gasteiger partial charge on any atom is -0.370 e. The van der Waals surface area contributed by atoms with Gasteiger partial charge in [0.25, 0.3) is 16.0 Å². The Balaban J connectivity index is 0.000000259. The number of aromatic amines is 1. The molecule has 1 unspecified atom stereocenters. The van der Waals surface area contributed by atoms with E-state index in [1.807, 2.05) is 32.0 Å². The van der Waals surface area contributed by atoms with E-state index < -0.39 is 21.3 Å². The number of fused-ring (bicyclic) bond motifs is 2. The van der Waals surface area contributed by atoms with Crippen LogP contribution in [0.25, 0.3) is 5.57 Å². The maximum Gasteiger partial charge on any atom is 0.291 e. The van der Waals surface area contributed by atoms with E-state index in [1.54, 1.807) is 0 Å². The quantitative estimate of drug-likeness (QED) is 0.263. The second-order valence-corrected chi connectivity index (χ2v) is 18.5. The fraction of sp³-hybridized carbons (Fsp3) is 0.649. The lowest BCUT2D eigenvalue weighted by atomic mass is 9.70. The number of amides is 1. The molecule has 1 amide bonds. The number of pyridine rings is 1. The number of nitrogens with zero attached hydrogens (tertiary/aromatic N) is 3. The summed E-state index contributed by atoms with van der Waals surface area (Å²) in [6.07, 6.45) is 10.3. The number of hydrogen-bond acceptors (Lipinski definition) is 8. The topological polar surface area (TPSA) is 175 Å². The Bertz CT molecular complexity index is 1800. The second kappa shape index (κ2) is 12.7. The Morgan fingerprint density at radius 3 is 2.29 bits per heavy atom. The molecule has 2 aromatic heterocycles. The highest BCUT2D eigenvalue weighted by Crippen LogP contribution is 2.64. The molecule has 0 radical (unpaired) electrons. The largest absolute Gasteiger partial charge is 0.370 e. The van der Waals surface area contributed by atoms with Crippen molar-refractivity contribution in [1.29, 1.82) is 5.26 Å². The summed E-state index contributed by atoms with van der Waals surface area (Å²) in [5.74, 6) is -0.109. The maximum absolute atomic E-state index is 12.9. The number of ketones is 1. The maximum atomic E-state index is 12.9. The molecular weight excluding hydrogens is 643 g/mol. The molecule has 11 nitrogen and oxygen atoms in total. The Morgan fingerprint density at radius 2 is 1.78 bits per heavy atom. The van der Waals surface area contributed by atoms with Crippen molar-refractivity contribution in [3.8, 4) is 6.07 Å². The number of hydrogen-bond donors (Lipinski definition) is 3. The molecule has 4 aliphatic rings. The van der Waals surface area contributed by atoms with Gasteiger partial charge in [0.1, 0.15) is 17.5 Å². The van der Waals surface area contributed by atoms with Crippen molar-refractivity contribution >= 4 is 33.1 Å². The third-order valence-corrected chi connectivity index (χ3v) is 12.2. The van der Waals surface area contributed by atoms with Gasteiger partial charge in [-0.2, -0.15) is 13.7 Å². The number of ether oxygens (including phenoxy) is 1. The highest BCUT2D eigenvalue weighted by atomic mass is 32.2. The van der Waals surface area contributed by atoms with Crippen LogP contribution in [0.3, 0.4) is 0 Å². The van der Waals surface area contributed by atoms with Crippen molar-refractivity contribution in [2.45, 2.75) is 124 Å². The van der Waals surface area contributed by atoms with Gasteiger partial charge in [-0.3, -0.25) is 19.1 Å². The Hall–Kier alpha value is -3.40. The molecule has 3 aliphatic carbocycles. The number of H-pyrrole nitrogens is 1. The van der Waals surface area contributed by atoms with Crippen LogP contribution in [-0.4, -0.2) is 56.6 Å². The average molecular weight is 694 g/mol. The van der Waals surface area contributed by atoms with Crippen LogP contribution in [0.1, 0.15) is 140 Å². The highest BCUT2D eigenvalue weighted by molar-refractivity contribution is 7.85. The van der Waals surface area contributed by atoms with E-state index in [0.717, 1.165) is 49.9 Å². The zero-order valence-corrected chi connectivity index (χ0v) is 30.9. The van der Waals surface area contributed by atoms with Crippen LogP contribution in [0.2, 0.25) is 0 Å². The number of nitriles is 1. The fourth-order valence-electron chi connectivity index (χ4n) is 8.73. The zero-order valence-electron chi connectivity index (χ0n) is 30.1. The number of imidazole rings is 1. The summed E-state index contributed by atoms with van der Waals surface area (Å²) in [7, 11) is -4.08. The third-order valence-electron chi connectivity index (χ3n) is 11.4. The summed E-state index contributed by atoms with van der Waals surface area (Å²) in [4.78, 5) is 36.7. The number of carbonyl (C=O) groups is 2. The monoisotopic (exact) mass is 693 g/mol. The molecule has 3 fully saturated rings. The Kier molecular flexibility index (Phi) is 9.58. The van der Waals surface area contributed by atoms with Crippen LogP contribution in [0, 0.1) is 33.5 Å². The number of aromatic nitrogens is 3. The molecule has 12 heteroatoms. The van der Waals surface area contributed by atoms with Crippen molar-refractivity contribution in [1.82, 2.24) is 15.0 Å². The first-order chi connectivity index (χ1) is 22.6. The molecule has 0 aromatic carbocycles. The SMILES string of the molecule is CC1(C)C2CC[C@@]1(CS(=O)(=O)O)C(=O)C2.CC1(C)CC=C(c2nc(C3CC(C)(C)OC(C)(C)C3)ccc2NC(=O)c2ncc(C#N)[nH]2)CC1. The predicted octanol–water partition coefficient (Wildman–Crippen LogP) is 7.24. The van der Waals surface area contributed by atoms with Crippen molar-refractivity contribution in [3.05, 3.63) is 47.3 Å². The molecule has 2 atom stereocenters. The number of allylic oxidation sites excluding steroid dienone is 2. The van der Waals surface area contributed by atoms with E-state index in [1.165, 1.54) is 11.8 Å². The van der Waals surface area contributed by atoms with Crippen molar-refractivity contribution < 1.29 is 27.3 Å². The molecule has 6 rings (SSSR count). The van der Waals surface area contributed by atoms with Crippen molar-refractivity contribution in [3.63, 3.8) is 0 Å². The van der Waals surface area contributed by atoms with Gasteiger partial charge in [0, 0.05) is 18.0 Å². The molecule has 0 spiro atoms. The normalized spacial score (nSPS) is 26.7. The van der Waals surface area contributed by atoms with E-state index in [-0.39, 0.29) is 57.1 Å². The molecule has 266 valence electrons. The van der Waals surface area contributed by atoms with E-state index in [0.29, 0.717) is 18.5 Å². The van der Waals surface area contributed by atoms with Gasteiger partial charge < -0.3 is 15.0 Å². The summed E-state index contributed by atoms with van der Waals surface area (Å²) >= 11 is 0. The molecule has 2 saturated carbocycles. The lowest BCUT2D eigenvalue weighted by Gasteiger charge is -2.45. The van der Waals surface area contributed by atoms with Crippen LogP contribution >= 0.6 is 0 Å². The van der Waals surface area contributed by atoms with Crippen LogP contribution in [-0.2, 0) is 19.6 Å². The Labute approximate surface area is 290 Å². The van der Waals surface area contributed by atoms with Crippen molar-refractivity contribution in [2.24, 2.45) is 22.2 Å². The second-order valence-electron chi connectivity index (χ2n) is 17.1. The van der Waals surface area contributed by atoms with Gasteiger partial charge in [-0.05, 0) is 107 Å². The molecule has 3 heterocycles. The number of carbonyl (C=O) groups excluding carboxylic acids is 2. The van der Waals surface area contributed by atoms with Gasteiger partial charge in [0.15, 0.2) is 5.82 Å². The van der Waals surface area contributed by atoms with Gasteiger partial charge in [0.05, 0.1) is 39.9 Å². The summed E-state index contributed by atoms with van der Waals surface area (Å²) in [5.41, 5.74) is 2.63. The van der Waals surface area contributed by atoms with Gasteiger partial charge in [0.2, 0.25) is 0 Å². The highest BCUT2D eigenvalue weighted by Gasteiger charge is 2.65. The third kappa shape index (κ3) is 7.84. The first-order valence-corrected chi connectivity index (χ1v) is 18.8. The van der Waals surface area contributed by atoms with Crippen LogP contribution in [0.15, 0.2) is 24.4 Å². The summed E-state index contributed by atoms with van der Waals surface area (Å²) in [5, 5.41) is 12.0. The molecule has 2 bridgehead atoms. The predicted molar refractivity (Wildman–Crippen MR) is 187 cm³/mol. The first-order valence-electron chi connectivity index (χ1n) is 17.2. The number of rotatable bonds is 6. The lowest BCUT2D eigenvalue weighted by molar-refractivity contribution is -0.162. The summed E-state index contributed by atoms with van der Waals surface area (Å²) in [6, 6.07) is 5.95. The van der Waals surface area contributed by atoms with Crippen LogP contribution in [0.4, 0.5) is 5.69 Å². The van der Waals surface area contributed by atoms with Gasteiger partial charge in [-0.25, -0.2) is 4.98 Å². The number of anilines is 1. The zero-order chi connectivity index (χ0) is 36.2. The lowest BCUT2D eigenvalue weighted by Crippen LogP contribution is -2.44. The molecule has 1 aliphatic heterocycles. The fourth-order valence-corrected chi connectivity index (χ4v) is 10.0. The molecule has 49 heavy (non-hydrogen) atoms. The molecular formula is C37H51N5O6S. The minimum atomic E-state index is -4.08. The first kappa shape index (κ1) is 36.9. The number of nitrogens with one attached hydrogen (secondary N) is 2. The molecule has 3 N–H and O–H groups in total. The standard InChI is InChI=1S/C27H35N5O2.C10H16O4S/c1-25(2)11-9-17(10-12-25)22-21(32-24(33)23-29-16-19(15-28)30-23)8-7-20(31-22)18-13-26(3,4)34-27(5,6)14-18;1-9(2)7-3-4-10(9,8(11)5-7)6-15(12,13)14/h7-9,16,18H,10-14H2,1-6H3,(H,29,30)(H,32,33);7H,3-6H2,1-2H3,(H,12,13,14)/t;7?,10-/m.1/s1. The summed E-state index contributed by atoms with van der Waals surface area (Å²) < 4.78 is 37.3. The van der Waals surface area contributed by atoms with Gasteiger partial charge >= 0.3 is 0 Å². The molecule has 2 aromatic rings. The molecule has 1 saturated heterocycles. The van der Waals surface area contributed by atoms with Crippen LogP contribution < -0.4 is 5.32 Å². The van der Waals surface area contributed by atoms with E-state index >= 15 is 0 Å². The van der Waals surface area contributed by atoms with E-state index in [4.69, 9.17) is 19.5 Å². The van der Waals surface area contributed by atoms with Crippen LogP contribution in [0.5, 0.6) is 0 Å². The van der Waals surface area contributed by atoms with Crippen molar-refractivity contribution in [2.75, 3.05) is 11.1 Å². The summed E-state index contributed by atoms with van der Waals surface area (Å²) in [6.45, 7) is 17.0. The van der Waals surface area contributed by atoms with E-state index in [2.05, 4.69) is 62.9 Å². The number of Topliss-reactive ketones (excluding diaryl/α,β-unsaturated/α-hetero) is 1.